The van der Waals surface area contributed by atoms with Gasteiger partial charge in [-0.3, -0.25) is 9.59 Å². The van der Waals surface area contributed by atoms with Gasteiger partial charge >= 0.3 is 5.97 Å². The molecule has 6 nitrogen and oxygen atoms in total. The van der Waals surface area contributed by atoms with Crippen LogP contribution in [0.15, 0.2) is 12.2 Å². The molecular formula is C69H135NO5. The van der Waals surface area contributed by atoms with Crippen LogP contribution in [0.5, 0.6) is 0 Å². The van der Waals surface area contributed by atoms with Crippen molar-refractivity contribution in [1.29, 1.82) is 0 Å². The lowest BCUT2D eigenvalue weighted by atomic mass is 10.0. The van der Waals surface area contributed by atoms with E-state index in [1.807, 2.05) is 6.08 Å². The van der Waals surface area contributed by atoms with Gasteiger partial charge in [0.2, 0.25) is 5.91 Å². The highest BCUT2D eigenvalue weighted by molar-refractivity contribution is 5.76. The van der Waals surface area contributed by atoms with Crippen molar-refractivity contribution in [3.63, 3.8) is 0 Å². The number of hydrogen-bond acceptors (Lipinski definition) is 5. The van der Waals surface area contributed by atoms with Gasteiger partial charge in [-0.1, -0.05) is 360 Å². The molecule has 0 aromatic carbocycles. The van der Waals surface area contributed by atoms with Crippen LogP contribution < -0.4 is 5.32 Å². The average molecular weight is 1060 g/mol. The van der Waals surface area contributed by atoms with Crippen molar-refractivity contribution in [3.8, 4) is 0 Å². The zero-order valence-electron chi connectivity index (χ0n) is 51.1. The Morgan fingerprint density at radius 2 is 0.613 bits per heavy atom. The van der Waals surface area contributed by atoms with Crippen LogP contribution in [-0.2, 0) is 14.3 Å². The molecule has 0 fully saturated rings. The number of esters is 1. The molecule has 3 N–H and O–H groups in total. The monoisotopic (exact) mass is 1060 g/mol. The van der Waals surface area contributed by atoms with Crippen molar-refractivity contribution in [2.45, 2.75) is 405 Å². The third-order valence-corrected chi connectivity index (χ3v) is 16.3. The first-order valence-electron chi connectivity index (χ1n) is 34.5. The van der Waals surface area contributed by atoms with Gasteiger partial charge in [-0.25, -0.2) is 0 Å². The second kappa shape index (κ2) is 65.1. The molecule has 0 aliphatic carbocycles. The molecule has 0 aromatic rings. The third-order valence-electron chi connectivity index (χ3n) is 16.3. The quantitative estimate of drug-likeness (QED) is 0.0320. The number of aliphatic hydroxyl groups excluding tert-OH is 2. The molecule has 0 radical (unpaired) electrons. The molecule has 1 amide bonds. The lowest BCUT2D eigenvalue weighted by Crippen LogP contribution is -2.45. The fourth-order valence-electron chi connectivity index (χ4n) is 11.1. The smallest absolute Gasteiger partial charge is 0.305 e. The van der Waals surface area contributed by atoms with E-state index >= 15 is 0 Å². The van der Waals surface area contributed by atoms with Crippen LogP contribution in [0, 0.1) is 0 Å². The van der Waals surface area contributed by atoms with Crippen molar-refractivity contribution in [3.05, 3.63) is 12.2 Å². The molecule has 0 saturated heterocycles. The van der Waals surface area contributed by atoms with Crippen LogP contribution in [0.3, 0.4) is 0 Å². The number of allylic oxidation sites excluding steroid dienone is 1. The van der Waals surface area contributed by atoms with Gasteiger partial charge in [0.15, 0.2) is 0 Å². The second-order valence-electron chi connectivity index (χ2n) is 23.9. The van der Waals surface area contributed by atoms with Gasteiger partial charge in [-0.05, 0) is 32.1 Å². The molecule has 0 bridgehead atoms. The Hall–Kier alpha value is -1.40. The minimum absolute atomic E-state index is 0.0132. The van der Waals surface area contributed by atoms with Gasteiger partial charge in [0.1, 0.15) is 0 Å². The SMILES string of the molecule is CCCCCCCCCCCCCCCCCCCCCCCCC/C=C/C(O)C(CO)NC(=O)CCCCCCCCCCCCCCCCCCCCCCCOC(=O)CCCCCCCCCCCCCC. The molecule has 2 unspecified atom stereocenters. The summed E-state index contributed by atoms with van der Waals surface area (Å²) in [6, 6.07) is -0.629. The van der Waals surface area contributed by atoms with Crippen LogP contribution in [0.4, 0.5) is 0 Å². The van der Waals surface area contributed by atoms with Crippen molar-refractivity contribution < 1.29 is 24.5 Å². The molecule has 446 valence electrons. The fourth-order valence-corrected chi connectivity index (χ4v) is 11.1. The Morgan fingerprint density at radius 3 is 0.907 bits per heavy atom. The first kappa shape index (κ1) is 73.6. The molecule has 0 saturated carbocycles. The zero-order chi connectivity index (χ0) is 54.3. The number of carbonyl (C=O) groups is 2. The minimum atomic E-state index is -0.846. The number of nitrogens with one attached hydrogen (secondary N) is 1. The molecule has 0 aromatic heterocycles. The Kier molecular flexibility index (Phi) is 63.9. The Bertz CT molecular complexity index is 1130. The topological polar surface area (TPSA) is 95.9 Å². The molecule has 6 heteroatoms. The van der Waals surface area contributed by atoms with E-state index in [2.05, 4.69) is 19.2 Å². The van der Waals surface area contributed by atoms with E-state index in [4.69, 9.17) is 4.74 Å². The number of amides is 1. The lowest BCUT2D eigenvalue weighted by molar-refractivity contribution is -0.143. The van der Waals surface area contributed by atoms with Crippen LogP contribution in [0.2, 0.25) is 0 Å². The number of hydrogen-bond donors (Lipinski definition) is 3. The summed E-state index contributed by atoms with van der Waals surface area (Å²) in [6.45, 7) is 4.94. The third kappa shape index (κ3) is 61.7. The fraction of sp³-hybridized carbons (Fsp3) is 0.942. The summed E-state index contributed by atoms with van der Waals surface area (Å²) in [5, 5.41) is 23.3. The molecule has 0 aliphatic heterocycles. The highest BCUT2D eigenvalue weighted by Crippen LogP contribution is 2.19. The zero-order valence-corrected chi connectivity index (χ0v) is 51.1. The van der Waals surface area contributed by atoms with Gasteiger partial charge in [0.25, 0.3) is 0 Å². The molecule has 0 spiro atoms. The van der Waals surface area contributed by atoms with Crippen LogP contribution >= 0.6 is 0 Å². The predicted octanol–water partition coefficient (Wildman–Crippen LogP) is 22.0. The van der Waals surface area contributed by atoms with Gasteiger partial charge in [0.05, 0.1) is 25.4 Å². The summed E-state index contributed by atoms with van der Waals surface area (Å²) in [5.74, 6) is -0.0507. The standard InChI is InChI=1S/C69H135NO5/c1-3-5-7-9-11-13-15-17-18-19-20-21-22-23-24-26-29-32-35-38-41-45-49-53-57-61-67(72)66(65-71)70-68(73)62-58-54-50-46-42-39-36-33-30-27-25-28-31-34-37-40-44-48-52-56-60-64-75-69(74)63-59-55-51-47-43-16-14-12-10-8-6-4-2/h57,61,66-67,71-72H,3-56,58-60,62-65H2,1-2H3,(H,70,73)/b61-57+. The molecule has 0 heterocycles. The Balaban J connectivity index is 3.41. The highest BCUT2D eigenvalue weighted by atomic mass is 16.5. The van der Waals surface area contributed by atoms with E-state index in [9.17, 15) is 19.8 Å². The maximum Gasteiger partial charge on any atom is 0.305 e. The van der Waals surface area contributed by atoms with Crippen LogP contribution in [0.25, 0.3) is 0 Å². The van der Waals surface area contributed by atoms with Crippen LogP contribution in [0.1, 0.15) is 393 Å². The molecule has 0 aliphatic rings. The van der Waals surface area contributed by atoms with E-state index < -0.39 is 12.1 Å². The summed E-state index contributed by atoms with van der Waals surface area (Å²) < 4.78 is 5.48. The van der Waals surface area contributed by atoms with Gasteiger partial charge in [0, 0.05) is 12.8 Å². The first-order chi connectivity index (χ1) is 37.0. The number of carbonyl (C=O) groups excluding carboxylic acids is 2. The van der Waals surface area contributed by atoms with Crippen molar-refractivity contribution in [2.75, 3.05) is 13.2 Å². The molecule has 0 rings (SSSR count). The average Bonchev–Trinajstić information content (AvgIpc) is 3.41. The highest BCUT2D eigenvalue weighted by Gasteiger charge is 2.18. The Morgan fingerprint density at radius 1 is 0.360 bits per heavy atom. The normalized spacial score (nSPS) is 12.5. The van der Waals surface area contributed by atoms with Crippen molar-refractivity contribution in [2.24, 2.45) is 0 Å². The minimum Gasteiger partial charge on any atom is -0.466 e. The van der Waals surface area contributed by atoms with Crippen molar-refractivity contribution in [1.82, 2.24) is 5.32 Å². The van der Waals surface area contributed by atoms with E-state index in [0.717, 1.165) is 38.5 Å². The molecule has 75 heavy (non-hydrogen) atoms. The maximum absolute atomic E-state index is 12.5. The lowest BCUT2D eigenvalue weighted by Gasteiger charge is -2.20. The summed E-state index contributed by atoms with van der Waals surface area (Å²) in [5.41, 5.74) is 0. The van der Waals surface area contributed by atoms with E-state index in [-0.39, 0.29) is 18.5 Å². The Labute approximate surface area is 469 Å². The van der Waals surface area contributed by atoms with Gasteiger partial charge in [-0.2, -0.15) is 0 Å². The largest absolute Gasteiger partial charge is 0.466 e. The molecular weight excluding hydrogens is 923 g/mol. The predicted molar refractivity (Wildman–Crippen MR) is 329 cm³/mol. The summed E-state index contributed by atoms with van der Waals surface area (Å²) in [7, 11) is 0. The van der Waals surface area contributed by atoms with E-state index in [1.54, 1.807) is 6.08 Å². The van der Waals surface area contributed by atoms with E-state index in [1.165, 1.54) is 327 Å². The maximum atomic E-state index is 12.5. The first-order valence-corrected chi connectivity index (χ1v) is 34.5. The summed E-state index contributed by atoms with van der Waals surface area (Å²) >= 11 is 0. The molecule has 2 atom stereocenters. The number of rotatable bonds is 65. The number of unbranched alkanes of at least 4 members (excludes halogenated alkanes) is 54. The van der Waals surface area contributed by atoms with Crippen molar-refractivity contribution >= 4 is 11.9 Å². The number of aliphatic hydroxyl groups is 2. The van der Waals surface area contributed by atoms with E-state index in [0.29, 0.717) is 19.4 Å². The summed E-state index contributed by atoms with van der Waals surface area (Å²) in [6.07, 6.45) is 79.9. The van der Waals surface area contributed by atoms with Gasteiger partial charge in [-0.15, -0.1) is 0 Å². The second-order valence-corrected chi connectivity index (χ2v) is 23.9. The van der Waals surface area contributed by atoms with Gasteiger partial charge < -0.3 is 20.3 Å². The summed E-state index contributed by atoms with van der Waals surface area (Å²) in [4.78, 5) is 24.6. The van der Waals surface area contributed by atoms with Crippen LogP contribution in [-0.4, -0.2) is 47.4 Å². The number of ether oxygens (including phenoxy) is 1.